The molecule has 8 heteroatoms. The van der Waals surface area contributed by atoms with E-state index < -0.39 is 0 Å². The fourth-order valence-electron chi connectivity index (χ4n) is 4.57. The number of amides is 2. The van der Waals surface area contributed by atoms with E-state index >= 15 is 0 Å². The van der Waals surface area contributed by atoms with Crippen LogP contribution in [-0.2, 0) is 11.3 Å². The first-order chi connectivity index (χ1) is 14.2. The van der Waals surface area contributed by atoms with Crippen LogP contribution in [0.1, 0.15) is 35.4 Å². The Balaban J connectivity index is 1.25. The molecule has 0 N–H and O–H groups in total. The molecular formula is C21H23N3O5. The normalized spacial score (nSPS) is 23.7. The average Bonchev–Trinajstić information content (AvgIpc) is 3.40. The van der Waals surface area contributed by atoms with E-state index in [1.54, 1.807) is 6.07 Å². The Bertz CT molecular complexity index is 913. The highest BCUT2D eigenvalue weighted by Gasteiger charge is 2.37. The van der Waals surface area contributed by atoms with Crippen LogP contribution >= 0.6 is 0 Å². The zero-order valence-electron chi connectivity index (χ0n) is 16.1. The van der Waals surface area contributed by atoms with Crippen LogP contribution in [0.25, 0.3) is 0 Å². The number of piperidine rings is 1. The molecule has 4 heterocycles. The monoisotopic (exact) mass is 397 g/mol. The van der Waals surface area contributed by atoms with Gasteiger partial charge in [0.1, 0.15) is 0 Å². The van der Waals surface area contributed by atoms with Gasteiger partial charge >= 0.3 is 0 Å². The van der Waals surface area contributed by atoms with Gasteiger partial charge in [-0.3, -0.25) is 9.59 Å². The maximum atomic E-state index is 12.9. The molecule has 5 rings (SSSR count). The maximum Gasteiger partial charge on any atom is 0.292 e. The molecule has 1 aromatic carbocycles. The lowest BCUT2D eigenvalue weighted by molar-refractivity contribution is -0.132. The summed E-state index contributed by atoms with van der Waals surface area (Å²) >= 11 is 0. The standard InChI is InChI=1S/C21H23N3O5/c25-20-10-15-4-8-24(21(26)18-3-6-22-29-18)12-16(15)5-7-23(20)11-14-1-2-17-19(9-14)28-13-27-17/h1-3,6,9,15-16H,4-5,7-8,10-13H2/t15-,16-/m0/s1. The third-order valence-corrected chi connectivity index (χ3v) is 6.20. The topological polar surface area (TPSA) is 85.1 Å². The number of benzene rings is 1. The van der Waals surface area contributed by atoms with Crippen molar-refractivity contribution in [2.75, 3.05) is 26.4 Å². The molecule has 152 valence electrons. The fraction of sp³-hybridized carbons (Fsp3) is 0.476. The number of likely N-dealkylation sites (tertiary alicyclic amines) is 2. The summed E-state index contributed by atoms with van der Waals surface area (Å²) in [5.74, 6) is 2.47. The fourth-order valence-corrected chi connectivity index (χ4v) is 4.57. The predicted octanol–water partition coefficient (Wildman–Crippen LogP) is 2.30. The van der Waals surface area contributed by atoms with Crippen LogP contribution in [0, 0.1) is 11.8 Å². The average molecular weight is 397 g/mol. The summed E-state index contributed by atoms with van der Waals surface area (Å²) in [4.78, 5) is 29.2. The van der Waals surface area contributed by atoms with Crippen LogP contribution in [0.4, 0.5) is 0 Å². The van der Waals surface area contributed by atoms with Gasteiger partial charge in [-0.1, -0.05) is 11.2 Å². The summed E-state index contributed by atoms with van der Waals surface area (Å²) in [7, 11) is 0. The van der Waals surface area contributed by atoms with Crippen LogP contribution in [0.5, 0.6) is 11.5 Å². The molecule has 2 atom stereocenters. The van der Waals surface area contributed by atoms with Gasteiger partial charge in [0.05, 0.1) is 6.20 Å². The molecule has 2 fully saturated rings. The Morgan fingerprint density at radius 2 is 1.97 bits per heavy atom. The Labute approximate surface area is 168 Å². The molecule has 0 aliphatic carbocycles. The van der Waals surface area contributed by atoms with E-state index in [1.165, 1.54) is 6.20 Å². The number of hydrogen-bond donors (Lipinski definition) is 0. The lowest BCUT2D eigenvalue weighted by Gasteiger charge is -2.36. The summed E-state index contributed by atoms with van der Waals surface area (Å²) in [6.07, 6.45) is 3.76. The van der Waals surface area contributed by atoms with Crippen LogP contribution in [0.2, 0.25) is 0 Å². The Morgan fingerprint density at radius 1 is 1.10 bits per heavy atom. The summed E-state index contributed by atoms with van der Waals surface area (Å²) in [5.41, 5.74) is 1.04. The van der Waals surface area contributed by atoms with Gasteiger partial charge in [-0.2, -0.15) is 0 Å². The van der Waals surface area contributed by atoms with Gasteiger partial charge in [0.15, 0.2) is 11.5 Å². The van der Waals surface area contributed by atoms with Crippen molar-refractivity contribution in [2.24, 2.45) is 11.8 Å². The van der Waals surface area contributed by atoms with E-state index in [0.29, 0.717) is 44.4 Å². The number of carbonyl (C=O) groups is 2. The third kappa shape index (κ3) is 3.54. The van der Waals surface area contributed by atoms with Gasteiger partial charge in [-0.25, -0.2) is 0 Å². The van der Waals surface area contributed by atoms with E-state index in [4.69, 9.17) is 14.0 Å². The molecule has 0 radical (unpaired) electrons. The second-order valence-corrected chi connectivity index (χ2v) is 7.93. The van der Waals surface area contributed by atoms with Crippen molar-refractivity contribution in [3.63, 3.8) is 0 Å². The first-order valence-corrected chi connectivity index (χ1v) is 10.0. The maximum absolute atomic E-state index is 12.9. The van der Waals surface area contributed by atoms with Crippen molar-refractivity contribution >= 4 is 11.8 Å². The lowest BCUT2D eigenvalue weighted by atomic mass is 9.82. The highest BCUT2D eigenvalue weighted by atomic mass is 16.7. The van der Waals surface area contributed by atoms with Gasteiger partial charge in [0, 0.05) is 38.7 Å². The van der Waals surface area contributed by atoms with Crippen molar-refractivity contribution in [2.45, 2.75) is 25.8 Å². The number of rotatable bonds is 3. The van der Waals surface area contributed by atoms with E-state index in [9.17, 15) is 9.59 Å². The number of carbonyl (C=O) groups excluding carboxylic acids is 2. The molecule has 1 aromatic heterocycles. The molecule has 2 aromatic rings. The first kappa shape index (κ1) is 18.0. The minimum atomic E-state index is -0.117. The molecule has 0 bridgehead atoms. The van der Waals surface area contributed by atoms with Gasteiger partial charge in [-0.05, 0) is 42.4 Å². The molecule has 0 saturated carbocycles. The number of nitrogens with zero attached hydrogens (tertiary/aromatic N) is 3. The first-order valence-electron chi connectivity index (χ1n) is 10.0. The van der Waals surface area contributed by atoms with Crippen molar-refractivity contribution in [3.8, 4) is 11.5 Å². The summed E-state index contributed by atoms with van der Waals surface area (Å²) < 4.78 is 15.8. The molecule has 2 amide bonds. The molecule has 0 unspecified atom stereocenters. The zero-order chi connectivity index (χ0) is 19.8. The van der Waals surface area contributed by atoms with Gasteiger partial charge in [0.2, 0.25) is 18.5 Å². The Morgan fingerprint density at radius 3 is 2.83 bits per heavy atom. The lowest BCUT2D eigenvalue weighted by Crippen LogP contribution is -2.43. The van der Waals surface area contributed by atoms with Gasteiger partial charge in [0.25, 0.3) is 5.91 Å². The Kier molecular flexibility index (Phi) is 4.61. The highest BCUT2D eigenvalue weighted by molar-refractivity contribution is 5.91. The number of hydrogen-bond acceptors (Lipinski definition) is 6. The van der Waals surface area contributed by atoms with Crippen LogP contribution in [-0.4, -0.2) is 53.2 Å². The molecule has 3 aliphatic heterocycles. The second-order valence-electron chi connectivity index (χ2n) is 7.93. The molecule has 0 spiro atoms. The number of fused-ring (bicyclic) bond motifs is 2. The molecular weight excluding hydrogens is 374 g/mol. The highest BCUT2D eigenvalue weighted by Crippen LogP contribution is 2.35. The third-order valence-electron chi connectivity index (χ3n) is 6.20. The summed E-state index contributed by atoms with van der Waals surface area (Å²) in [5, 5.41) is 3.63. The number of aromatic nitrogens is 1. The minimum Gasteiger partial charge on any atom is -0.454 e. The quantitative estimate of drug-likeness (QED) is 0.790. The second kappa shape index (κ2) is 7.42. The SMILES string of the molecule is O=C1C[C@@H]2CCN(C(=O)c3ccno3)C[C@@H]2CCN1Cc1ccc2c(c1)OCO2. The molecule has 3 aliphatic rings. The van der Waals surface area contributed by atoms with Crippen LogP contribution in [0.15, 0.2) is 35.0 Å². The van der Waals surface area contributed by atoms with E-state index in [-0.39, 0.29) is 24.4 Å². The van der Waals surface area contributed by atoms with Crippen molar-refractivity contribution < 1.29 is 23.6 Å². The molecule has 29 heavy (non-hydrogen) atoms. The van der Waals surface area contributed by atoms with Crippen molar-refractivity contribution in [3.05, 3.63) is 41.8 Å². The van der Waals surface area contributed by atoms with Crippen molar-refractivity contribution in [1.82, 2.24) is 15.0 Å². The number of ether oxygens (including phenoxy) is 2. The van der Waals surface area contributed by atoms with E-state index in [2.05, 4.69) is 5.16 Å². The van der Waals surface area contributed by atoms with Crippen LogP contribution in [0.3, 0.4) is 0 Å². The molecule has 8 nitrogen and oxygen atoms in total. The Hall–Kier alpha value is -3.03. The largest absolute Gasteiger partial charge is 0.454 e. The summed E-state index contributed by atoms with van der Waals surface area (Å²) in [6.45, 7) is 2.81. The van der Waals surface area contributed by atoms with E-state index in [0.717, 1.165) is 29.9 Å². The molecule has 2 saturated heterocycles. The van der Waals surface area contributed by atoms with Gasteiger partial charge < -0.3 is 23.8 Å². The van der Waals surface area contributed by atoms with E-state index in [1.807, 2.05) is 28.0 Å². The summed E-state index contributed by atoms with van der Waals surface area (Å²) in [6, 6.07) is 7.42. The minimum absolute atomic E-state index is 0.117. The van der Waals surface area contributed by atoms with Crippen molar-refractivity contribution in [1.29, 1.82) is 0 Å². The van der Waals surface area contributed by atoms with Gasteiger partial charge in [-0.15, -0.1) is 0 Å². The smallest absolute Gasteiger partial charge is 0.292 e. The predicted molar refractivity (Wildman–Crippen MR) is 101 cm³/mol. The van der Waals surface area contributed by atoms with Crippen LogP contribution < -0.4 is 9.47 Å². The zero-order valence-corrected chi connectivity index (χ0v) is 16.1.